The van der Waals surface area contributed by atoms with Crippen molar-refractivity contribution in [2.24, 2.45) is 5.73 Å². The number of alkyl halides is 3. The van der Waals surface area contributed by atoms with E-state index in [1.165, 1.54) is 6.08 Å². The summed E-state index contributed by atoms with van der Waals surface area (Å²) in [5, 5.41) is 7.90. The summed E-state index contributed by atoms with van der Waals surface area (Å²) >= 11 is 0. The van der Waals surface area contributed by atoms with Crippen LogP contribution in [0.25, 0.3) is 0 Å². The SMILES string of the molecule is COC(=O)C(F)(F)F.NC/C=C/C(=O)O. The fourth-order valence-electron chi connectivity index (χ4n) is 0.285. The monoisotopic (exact) mass is 229 g/mol. The van der Waals surface area contributed by atoms with Gasteiger partial charge in [0.1, 0.15) is 0 Å². The first-order valence-electron chi connectivity index (χ1n) is 3.50. The minimum absolute atomic E-state index is 0.284. The number of rotatable bonds is 2. The Bertz CT molecular complexity index is 237. The second-order valence-corrected chi connectivity index (χ2v) is 1.97. The molecule has 5 nitrogen and oxygen atoms in total. The number of aliphatic carboxylic acids is 1. The van der Waals surface area contributed by atoms with E-state index in [2.05, 4.69) is 4.74 Å². The molecule has 0 unspecified atom stereocenters. The molecule has 0 amide bonds. The Kier molecular flexibility index (Phi) is 8.26. The summed E-state index contributed by atoms with van der Waals surface area (Å²) in [5.74, 6) is -3.12. The van der Waals surface area contributed by atoms with Gasteiger partial charge in [-0.3, -0.25) is 0 Å². The van der Waals surface area contributed by atoms with Crippen molar-refractivity contribution < 1.29 is 32.6 Å². The highest BCUT2D eigenvalue weighted by molar-refractivity contribution is 5.79. The zero-order valence-corrected chi connectivity index (χ0v) is 7.75. The van der Waals surface area contributed by atoms with Gasteiger partial charge in [0.15, 0.2) is 0 Å². The molecular weight excluding hydrogens is 219 g/mol. The summed E-state index contributed by atoms with van der Waals surface area (Å²) in [6.07, 6.45) is -2.46. The van der Waals surface area contributed by atoms with Crippen LogP contribution in [-0.4, -0.2) is 36.9 Å². The topological polar surface area (TPSA) is 89.6 Å². The van der Waals surface area contributed by atoms with Gasteiger partial charge in [-0.05, 0) is 0 Å². The van der Waals surface area contributed by atoms with Crippen molar-refractivity contribution in [1.29, 1.82) is 0 Å². The molecule has 0 atom stereocenters. The number of carboxylic acid groups (broad SMARTS) is 1. The van der Waals surface area contributed by atoms with Crippen LogP contribution in [0.15, 0.2) is 12.2 Å². The maximum Gasteiger partial charge on any atom is 0.490 e. The van der Waals surface area contributed by atoms with E-state index in [4.69, 9.17) is 10.8 Å². The normalized spacial score (nSPS) is 10.5. The van der Waals surface area contributed by atoms with Gasteiger partial charge in [0.05, 0.1) is 7.11 Å². The van der Waals surface area contributed by atoms with E-state index in [0.29, 0.717) is 7.11 Å². The molecule has 3 N–H and O–H groups in total. The molecule has 0 aliphatic rings. The van der Waals surface area contributed by atoms with Gasteiger partial charge in [-0.1, -0.05) is 6.08 Å². The zero-order valence-electron chi connectivity index (χ0n) is 7.75. The number of esters is 1. The van der Waals surface area contributed by atoms with Gasteiger partial charge < -0.3 is 15.6 Å². The van der Waals surface area contributed by atoms with Crippen molar-refractivity contribution in [1.82, 2.24) is 0 Å². The number of halogens is 3. The van der Waals surface area contributed by atoms with Crippen LogP contribution < -0.4 is 5.73 Å². The highest BCUT2D eigenvalue weighted by atomic mass is 19.4. The van der Waals surface area contributed by atoms with Crippen LogP contribution in [0.3, 0.4) is 0 Å². The van der Waals surface area contributed by atoms with Gasteiger partial charge in [-0.25, -0.2) is 9.59 Å². The summed E-state index contributed by atoms with van der Waals surface area (Å²) in [4.78, 5) is 19.1. The number of carboxylic acids is 1. The average molecular weight is 229 g/mol. The van der Waals surface area contributed by atoms with Gasteiger partial charge in [0.25, 0.3) is 0 Å². The van der Waals surface area contributed by atoms with Gasteiger partial charge in [0.2, 0.25) is 0 Å². The standard InChI is InChI=1S/C4H7NO2.C3H3F3O2/c5-3-1-2-4(6)7;1-8-2(7)3(4,5)6/h1-2H,3,5H2,(H,6,7);1H3/b2-1+;. The maximum atomic E-state index is 11.0. The van der Waals surface area contributed by atoms with Crippen LogP contribution in [0, 0.1) is 0 Å². The molecule has 0 aromatic rings. The molecule has 0 spiro atoms. The van der Waals surface area contributed by atoms with Crippen molar-refractivity contribution in [3.63, 3.8) is 0 Å². The van der Waals surface area contributed by atoms with Crippen LogP contribution in [0.2, 0.25) is 0 Å². The molecule has 15 heavy (non-hydrogen) atoms. The molecule has 0 saturated heterocycles. The van der Waals surface area contributed by atoms with Crippen molar-refractivity contribution >= 4 is 11.9 Å². The van der Waals surface area contributed by atoms with Crippen LogP contribution >= 0.6 is 0 Å². The Morgan fingerprint density at radius 3 is 2.00 bits per heavy atom. The molecule has 8 heteroatoms. The minimum Gasteiger partial charge on any atom is -0.478 e. The largest absolute Gasteiger partial charge is 0.490 e. The zero-order chi connectivity index (χ0) is 12.5. The van der Waals surface area contributed by atoms with Crippen LogP contribution in [0.5, 0.6) is 0 Å². The number of methoxy groups -OCH3 is 1. The predicted molar refractivity (Wildman–Crippen MR) is 43.9 cm³/mol. The van der Waals surface area contributed by atoms with Crippen molar-refractivity contribution in [3.05, 3.63) is 12.2 Å². The van der Waals surface area contributed by atoms with Gasteiger partial charge in [-0.2, -0.15) is 13.2 Å². The quantitative estimate of drug-likeness (QED) is 0.525. The molecule has 0 saturated carbocycles. The molecule has 0 aliphatic heterocycles. The van der Waals surface area contributed by atoms with E-state index in [1.54, 1.807) is 0 Å². The molecular formula is C7H10F3NO4. The first-order valence-corrected chi connectivity index (χ1v) is 3.50. The van der Waals surface area contributed by atoms with Crippen LogP contribution in [-0.2, 0) is 14.3 Å². The first-order chi connectivity index (χ1) is 6.75. The second-order valence-electron chi connectivity index (χ2n) is 1.97. The van der Waals surface area contributed by atoms with Crippen molar-refractivity contribution in [3.8, 4) is 0 Å². The Morgan fingerprint density at radius 2 is 1.93 bits per heavy atom. The summed E-state index contributed by atoms with van der Waals surface area (Å²) in [6.45, 7) is 0.284. The Morgan fingerprint density at radius 1 is 1.47 bits per heavy atom. The molecule has 0 bridgehead atoms. The Balaban J connectivity index is 0. The van der Waals surface area contributed by atoms with E-state index in [9.17, 15) is 22.8 Å². The smallest absolute Gasteiger partial charge is 0.478 e. The summed E-state index contributed by atoms with van der Waals surface area (Å²) < 4.78 is 36.3. The number of carbonyl (C=O) groups excluding carboxylic acids is 1. The molecule has 0 heterocycles. The van der Waals surface area contributed by atoms with Crippen molar-refractivity contribution in [2.45, 2.75) is 6.18 Å². The van der Waals surface area contributed by atoms with E-state index in [1.807, 2.05) is 0 Å². The molecule has 88 valence electrons. The third-order valence-electron chi connectivity index (χ3n) is 0.813. The van der Waals surface area contributed by atoms with Gasteiger partial charge in [-0.15, -0.1) is 0 Å². The van der Waals surface area contributed by atoms with E-state index in [0.717, 1.165) is 6.08 Å². The summed E-state index contributed by atoms with van der Waals surface area (Å²) in [7, 11) is 0.676. The second kappa shape index (κ2) is 7.80. The number of hydrogen-bond donors (Lipinski definition) is 2. The fraction of sp³-hybridized carbons (Fsp3) is 0.429. The lowest BCUT2D eigenvalue weighted by molar-refractivity contribution is -0.196. The average Bonchev–Trinajstić information content (AvgIpc) is 2.12. The number of hydrogen-bond acceptors (Lipinski definition) is 4. The molecule has 0 aliphatic carbocycles. The summed E-state index contributed by atoms with van der Waals surface area (Å²) in [5.41, 5.74) is 4.93. The van der Waals surface area contributed by atoms with E-state index < -0.39 is 18.1 Å². The van der Waals surface area contributed by atoms with Gasteiger partial charge >= 0.3 is 18.1 Å². The lowest BCUT2D eigenvalue weighted by atomic mass is 10.5. The Hall–Kier alpha value is -1.57. The molecule has 0 radical (unpaired) electrons. The molecule has 0 fully saturated rings. The molecule has 0 rings (SSSR count). The van der Waals surface area contributed by atoms with E-state index in [-0.39, 0.29) is 6.54 Å². The first kappa shape index (κ1) is 15.9. The lowest BCUT2D eigenvalue weighted by Crippen LogP contribution is -2.23. The third kappa shape index (κ3) is 12.4. The van der Waals surface area contributed by atoms with Crippen molar-refractivity contribution in [2.75, 3.05) is 13.7 Å². The maximum absolute atomic E-state index is 11.0. The van der Waals surface area contributed by atoms with Gasteiger partial charge in [0, 0.05) is 12.6 Å². The van der Waals surface area contributed by atoms with Crippen LogP contribution in [0.4, 0.5) is 13.2 Å². The molecule has 0 aromatic carbocycles. The number of nitrogens with two attached hydrogens (primary N) is 1. The fourth-order valence-corrected chi connectivity index (χ4v) is 0.285. The highest BCUT2D eigenvalue weighted by Gasteiger charge is 2.39. The third-order valence-corrected chi connectivity index (χ3v) is 0.813. The number of ether oxygens (including phenoxy) is 1. The molecule has 0 aromatic heterocycles. The van der Waals surface area contributed by atoms with E-state index >= 15 is 0 Å². The predicted octanol–water partition coefficient (Wildman–Crippen LogP) is 0.308. The van der Waals surface area contributed by atoms with Crippen LogP contribution in [0.1, 0.15) is 0 Å². The Labute approximate surface area is 83.3 Å². The lowest BCUT2D eigenvalue weighted by Gasteiger charge is -1.99. The highest BCUT2D eigenvalue weighted by Crippen LogP contribution is 2.15. The minimum atomic E-state index is -4.85. The number of carbonyl (C=O) groups is 2. The summed E-state index contributed by atoms with van der Waals surface area (Å²) in [6, 6.07) is 0.